The molecule has 0 spiro atoms. The van der Waals surface area contributed by atoms with Crippen LogP contribution < -0.4 is 0 Å². The number of aliphatic hydroxyl groups is 1. The smallest absolute Gasteiger partial charge is 0.0433 e. The summed E-state index contributed by atoms with van der Waals surface area (Å²) in [6.45, 7) is 11.7. The fourth-order valence-corrected chi connectivity index (χ4v) is 2.21. The minimum atomic E-state index is 0.338. The predicted molar refractivity (Wildman–Crippen MR) is 71.7 cm³/mol. The second kappa shape index (κ2) is 8.08. The van der Waals surface area contributed by atoms with E-state index < -0.39 is 0 Å². The lowest BCUT2D eigenvalue weighted by atomic mass is 9.81. The molecule has 0 radical (unpaired) electrons. The molecule has 1 atom stereocenters. The van der Waals surface area contributed by atoms with Crippen LogP contribution in [0.4, 0.5) is 0 Å². The van der Waals surface area contributed by atoms with Gasteiger partial charge in [0.15, 0.2) is 0 Å². The molecule has 0 aliphatic rings. The Morgan fingerprint density at radius 1 is 1.19 bits per heavy atom. The van der Waals surface area contributed by atoms with Crippen LogP contribution in [0.1, 0.15) is 53.4 Å². The van der Waals surface area contributed by atoms with Crippen molar-refractivity contribution in [2.24, 2.45) is 11.3 Å². The molecule has 0 aromatic carbocycles. The Bertz CT molecular complexity index is 163. The summed E-state index contributed by atoms with van der Waals surface area (Å²) in [6, 6.07) is 0. The summed E-state index contributed by atoms with van der Waals surface area (Å²) in [4.78, 5) is 2.35. The first-order chi connectivity index (χ1) is 7.39. The van der Waals surface area contributed by atoms with Gasteiger partial charge in [-0.05, 0) is 57.2 Å². The highest BCUT2D eigenvalue weighted by Crippen LogP contribution is 2.29. The van der Waals surface area contributed by atoms with E-state index in [1.54, 1.807) is 0 Å². The second-order valence-corrected chi connectivity index (χ2v) is 6.18. The van der Waals surface area contributed by atoms with Crippen molar-refractivity contribution in [3.63, 3.8) is 0 Å². The maximum Gasteiger partial charge on any atom is 0.0433 e. The lowest BCUT2D eigenvalue weighted by Crippen LogP contribution is -2.21. The number of nitrogens with zero attached hydrogens (tertiary/aromatic N) is 1. The van der Waals surface area contributed by atoms with E-state index in [0.29, 0.717) is 17.9 Å². The normalized spacial score (nSPS) is 14.4. The quantitative estimate of drug-likeness (QED) is 0.691. The Labute approximate surface area is 102 Å². The van der Waals surface area contributed by atoms with Crippen LogP contribution in [-0.4, -0.2) is 36.8 Å². The molecular formula is C14H31NO. The summed E-state index contributed by atoms with van der Waals surface area (Å²) in [5.74, 6) is 0.690. The van der Waals surface area contributed by atoms with Crippen LogP contribution in [0.15, 0.2) is 0 Å². The largest absolute Gasteiger partial charge is 0.396 e. The van der Waals surface area contributed by atoms with Gasteiger partial charge in [-0.2, -0.15) is 0 Å². The number of hydrogen-bond donors (Lipinski definition) is 1. The van der Waals surface area contributed by atoms with E-state index in [2.05, 4.69) is 39.6 Å². The van der Waals surface area contributed by atoms with E-state index in [1.807, 2.05) is 0 Å². The molecule has 2 heteroatoms. The van der Waals surface area contributed by atoms with Gasteiger partial charge in [0.25, 0.3) is 0 Å². The highest BCUT2D eigenvalue weighted by Gasteiger charge is 2.18. The fraction of sp³-hybridized carbons (Fsp3) is 1.00. The Balaban J connectivity index is 3.85. The van der Waals surface area contributed by atoms with E-state index in [1.165, 1.54) is 25.8 Å². The summed E-state index contributed by atoms with van der Waals surface area (Å²) < 4.78 is 0. The molecule has 0 aliphatic heterocycles. The Kier molecular flexibility index (Phi) is 8.04. The molecule has 0 aromatic heterocycles. The molecule has 0 fully saturated rings. The first-order valence-electron chi connectivity index (χ1n) is 6.68. The SMILES string of the molecule is CCN(C)CCC[C@@H](CCO)CC(C)(C)C. The average Bonchev–Trinajstić information content (AvgIpc) is 2.15. The molecule has 0 rings (SSSR count). The van der Waals surface area contributed by atoms with Crippen molar-refractivity contribution < 1.29 is 5.11 Å². The summed E-state index contributed by atoms with van der Waals surface area (Å²) in [5.41, 5.74) is 0.385. The van der Waals surface area contributed by atoms with Gasteiger partial charge >= 0.3 is 0 Å². The van der Waals surface area contributed by atoms with Crippen LogP contribution in [0.3, 0.4) is 0 Å². The standard InChI is InChI=1S/C14H31NO/c1-6-15(5)10-7-8-13(9-11-16)12-14(2,3)4/h13,16H,6-12H2,1-5H3/t13-/m0/s1. The second-order valence-electron chi connectivity index (χ2n) is 6.18. The third kappa shape index (κ3) is 9.17. The molecule has 0 saturated heterocycles. The number of rotatable bonds is 8. The van der Waals surface area contributed by atoms with Crippen molar-refractivity contribution in [3.05, 3.63) is 0 Å². The lowest BCUT2D eigenvalue weighted by Gasteiger charge is -2.26. The van der Waals surface area contributed by atoms with Crippen LogP contribution in [0.5, 0.6) is 0 Å². The molecule has 0 bridgehead atoms. The van der Waals surface area contributed by atoms with Crippen molar-refractivity contribution >= 4 is 0 Å². The van der Waals surface area contributed by atoms with E-state index in [-0.39, 0.29) is 0 Å². The van der Waals surface area contributed by atoms with Gasteiger partial charge in [-0.1, -0.05) is 27.7 Å². The first kappa shape index (κ1) is 15.9. The van der Waals surface area contributed by atoms with Crippen LogP contribution in [0.2, 0.25) is 0 Å². The van der Waals surface area contributed by atoms with E-state index in [9.17, 15) is 0 Å². The van der Waals surface area contributed by atoms with Crippen molar-refractivity contribution in [2.75, 3.05) is 26.7 Å². The van der Waals surface area contributed by atoms with Crippen molar-refractivity contribution in [1.29, 1.82) is 0 Å². The molecule has 16 heavy (non-hydrogen) atoms. The van der Waals surface area contributed by atoms with Gasteiger partial charge in [0.1, 0.15) is 0 Å². The number of aliphatic hydroxyl groups excluding tert-OH is 1. The van der Waals surface area contributed by atoms with Gasteiger partial charge < -0.3 is 10.0 Å². The van der Waals surface area contributed by atoms with Gasteiger partial charge in [-0.25, -0.2) is 0 Å². The van der Waals surface area contributed by atoms with E-state index in [4.69, 9.17) is 5.11 Å². The van der Waals surface area contributed by atoms with Gasteiger partial charge in [0.05, 0.1) is 0 Å². The van der Waals surface area contributed by atoms with Crippen LogP contribution in [0.25, 0.3) is 0 Å². The fourth-order valence-electron chi connectivity index (χ4n) is 2.21. The summed E-state index contributed by atoms with van der Waals surface area (Å²) in [5, 5.41) is 9.08. The van der Waals surface area contributed by atoms with Crippen LogP contribution in [0, 0.1) is 11.3 Å². The molecule has 0 amide bonds. The van der Waals surface area contributed by atoms with Crippen molar-refractivity contribution in [1.82, 2.24) is 4.90 Å². The van der Waals surface area contributed by atoms with Crippen molar-refractivity contribution in [3.8, 4) is 0 Å². The van der Waals surface area contributed by atoms with Gasteiger partial charge in [-0.15, -0.1) is 0 Å². The summed E-state index contributed by atoms with van der Waals surface area (Å²) in [7, 11) is 2.17. The molecule has 2 nitrogen and oxygen atoms in total. The molecule has 0 saturated carbocycles. The molecular weight excluding hydrogens is 198 g/mol. The number of hydrogen-bond acceptors (Lipinski definition) is 2. The maximum absolute atomic E-state index is 9.08. The Morgan fingerprint density at radius 3 is 2.25 bits per heavy atom. The highest BCUT2D eigenvalue weighted by atomic mass is 16.3. The Morgan fingerprint density at radius 2 is 1.81 bits per heavy atom. The van der Waals surface area contributed by atoms with E-state index in [0.717, 1.165) is 13.0 Å². The maximum atomic E-state index is 9.08. The van der Waals surface area contributed by atoms with E-state index >= 15 is 0 Å². The third-order valence-corrected chi connectivity index (χ3v) is 3.13. The zero-order valence-corrected chi connectivity index (χ0v) is 11.9. The highest BCUT2D eigenvalue weighted by molar-refractivity contribution is 4.70. The molecule has 0 aromatic rings. The average molecular weight is 229 g/mol. The monoisotopic (exact) mass is 229 g/mol. The minimum absolute atomic E-state index is 0.338. The molecule has 98 valence electrons. The van der Waals surface area contributed by atoms with Gasteiger partial charge in [0, 0.05) is 6.61 Å². The van der Waals surface area contributed by atoms with Crippen LogP contribution >= 0.6 is 0 Å². The Hall–Kier alpha value is -0.0800. The first-order valence-corrected chi connectivity index (χ1v) is 6.68. The molecule has 0 unspecified atom stereocenters. The van der Waals surface area contributed by atoms with Gasteiger partial charge in [0.2, 0.25) is 0 Å². The van der Waals surface area contributed by atoms with Crippen LogP contribution in [-0.2, 0) is 0 Å². The minimum Gasteiger partial charge on any atom is -0.396 e. The topological polar surface area (TPSA) is 23.5 Å². The summed E-state index contributed by atoms with van der Waals surface area (Å²) >= 11 is 0. The lowest BCUT2D eigenvalue weighted by molar-refractivity contribution is 0.203. The third-order valence-electron chi connectivity index (χ3n) is 3.13. The zero-order chi connectivity index (χ0) is 12.6. The summed E-state index contributed by atoms with van der Waals surface area (Å²) in [6.07, 6.45) is 4.70. The zero-order valence-electron chi connectivity index (χ0n) is 11.9. The van der Waals surface area contributed by atoms with Crippen molar-refractivity contribution in [2.45, 2.75) is 53.4 Å². The molecule has 0 aliphatic carbocycles. The predicted octanol–water partition coefficient (Wildman–Crippen LogP) is 3.15. The van der Waals surface area contributed by atoms with Gasteiger partial charge in [-0.3, -0.25) is 0 Å². The molecule has 1 N–H and O–H groups in total. The molecule has 0 heterocycles.